The van der Waals surface area contributed by atoms with Crippen molar-refractivity contribution in [1.29, 1.82) is 0 Å². The summed E-state index contributed by atoms with van der Waals surface area (Å²) in [5.41, 5.74) is 3.86. The Bertz CT molecular complexity index is 1300. The summed E-state index contributed by atoms with van der Waals surface area (Å²) in [6.45, 7) is 2.79. The zero-order valence-electron chi connectivity index (χ0n) is 18.4. The molecule has 6 nitrogen and oxygen atoms in total. The summed E-state index contributed by atoms with van der Waals surface area (Å²) in [4.78, 5) is 19.9. The van der Waals surface area contributed by atoms with Gasteiger partial charge in [-0.2, -0.15) is 5.10 Å². The molecule has 0 unspecified atom stereocenters. The molecule has 0 spiro atoms. The van der Waals surface area contributed by atoms with E-state index in [0.29, 0.717) is 30.0 Å². The number of fused-ring (bicyclic) bond motifs is 1. The molecule has 1 fully saturated rings. The Balaban J connectivity index is 1.49. The second-order valence-corrected chi connectivity index (χ2v) is 8.30. The molecule has 1 saturated carbocycles. The lowest BCUT2D eigenvalue weighted by molar-refractivity contribution is 0.0557. The molecule has 33 heavy (non-hydrogen) atoms. The monoisotopic (exact) mass is 444 g/mol. The van der Waals surface area contributed by atoms with Crippen LogP contribution in [0.3, 0.4) is 0 Å². The minimum Gasteiger partial charge on any atom is -0.493 e. The zero-order valence-corrected chi connectivity index (χ0v) is 18.4. The quantitative estimate of drug-likeness (QED) is 0.417. The zero-order chi connectivity index (χ0) is 22.8. The van der Waals surface area contributed by atoms with Crippen LogP contribution >= 0.6 is 0 Å². The summed E-state index contributed by atoms with van der Waals surface area (Å²) < 4.78 is 19.7. The molecule has 0 saturated heterocycles. The molecule has 5 rings (SSSR count). The first-order valence-corrected chi connectivity index (χ1v) is 11.2. The van der Waals surface area contributed by atoms with Crippen molar-refractivity contribution in [3.63, 3.8) is 0 Å². The number of hydrogen-bond acceptors (Lipinski definition) is 4. The first kappa shape index (κ1) is 21.1. The number of benzene rings is 2. The highest BCUT2D eigenvalue weighted by Gasteiger charge is 2.30. The van der Waals surface area contributed by atoms with E-state index in [1.165, 1.54) is 12.1 Å². The predicted molar refractivity (Wildman–Crippen MR) is 124 cm³/mol. The third-order valence-corrected chi connectivity index (χ3v) is 6.21. The molecule has 0 bridgehead atoms. The molecule has 0 aliphatic heterocycles. The van der Waals surface area contributed by atoms with Crippen LogP contribution in [0.5, 0.6) is 5.75 Å². The Morgan fingerprint density at radius 1 is 1.18 bits per heavy atom. The van der Waals surface area contributed by atoms with E-state index in [2.05, 4.69) is 15.2 Å². The van der Waals surface area contributed by atoms with Crippen LogP contribution in [0.2, 0.25) is 0 Å². The lowest BCUT2D eigenvalue weighted by atomic mass is 9.90. The number of aromatic nitrogens is 3. The SMILES string of the molecule is CCOc1cc(C(=O)N(Cc2cncc3cn[nH]c23)C2CCC2)ccc1-c1cccc(F)c1. The van der Waals surface area contributed by atoms with Crippen molar-refractivity contribution in [3.05, 3.63) is 78.0 Å². The molecule has 1 N–H and O–H groups in total. The Labute approximate surface area is 191 Å². The maximum Gasteiger partial charge on any atom is 0.254 e. The summed E-state index contributed by atoms with van der Waals surface area (Å²) in [6, 6.07) is 12.0. The number of hydrogen-bond donors (Lipinski definition) is 1. The Morgan fingerprint density at radius 3 is 2.82 bits per heavy atom. The van der Waals surface area contributed by atoms with E-state index in [1.54, 1.807) is 36.8 Å². The fourth-order valence-electron chi connectivity index (χ4n) is 4.28. The van der Waals surface area contributed by atoms with Crippen LogP contribution in [0.4, 0.5) is 4.39 Å². The van der Waals surface area contributed by atoms with Gasteiger partial charge in [-0.05, 0) is 62.1 Å². The van der Waals surface area contributed by atoms with E-state index >= 15 is 0 Å². The van der Waals surface area contributed by atoms with Gasteiger partial charge in [0.15, 0.2) is 0 Å². The second-order valence-electron chi connectivity index (χ2n) is 8.30. The third-order valence-electron chi connectivity index (χ3n) is 6.21. The molecule has 4 aromatic rings. The Kier molecular flexibility index (Phi) is 5.77. The summed E-state index contributed by atoms with van der Waals surface area (Å²) in [7, 11) is 0. The standard InChI is InChI=1S/C26H25FN4O2/c1-2-33-24-12-18(9-10-23(24)17-5-3-6-21(27)11-17)26(32)31(22-7-4-8-22)16-20-14-28-13-19-15-29-30-25(19)20/h3,5-6,9-15,22H,2,4,7-8,16H2,1H3,(H,29,30). The van der Waals surface area contributed by atoms with Gasteiger partial charge in [0.1, 0.15) is 11.6 Å². The first-order chi connectivity index (χ1) is 16.1. The normalized spacial score (nSPS) is 13.6. The van der Waals surface area contributed by atoms with Crippen molar-refractivity contribution in [2.24, 2.45) is 0 Å². The maximum absolute atomic E-state index is 13.8. The number of H-pyrrole nitrogens is 1. The van der Waals surface area contributed by atoms with Crippen LogP contribution in [-0.4, -0.2) is 38.6 Å². The van der Waals surface area contributed by atoms with Crippen molar-refractivity contribution < 1.29 is 13.9 Å². The number of amides is 1. The van der Waals surface area contributed by atoms with Crippen LogP contribution in [0.15, 0.2) is 61.1 Å². The van der Waals surface area contributed by atoms with Crippen molar-refractivity contribution >= 4 is 16.8 Å². The molecular formula is C26H25FN4O2. The van der Waals surface area contributed by atoms with Gasteiger partial charge in [-0.25, -0.2) is 4.39 Å². The molecule has 1 amide bonds. The molecule has 2 heterocycles. The van der Waals surface area contributed by atoms with E-state index in [-0.39, 0.29) is 17.8 Å². The Hall–Kier alpha value is -3.74. The highest BCUT2D eigenvalue weighted by atomic mass is 19.1. The van der Waals surface area contributed by atoms with Crippen LogP contribution in [-0.2, 0) is 6.54 Å². The van der Waals surface area contributed by atoms with Gasteiger partial charge in [0, 0.05) is 47.1 Å². The minimum atomic E-state index is -0.312. The molecular weight excluding hydrogens is 419 g/mol. The molecule has 1 aliphatic carbocycles. The fraction of sp³-hybridized carbons (Fsp3) is 0.269. The highest BCUT2D eigenvalue weighted by molar-refractivity contribution is 5.96. The van der Waals surface area contributed by atoms with Crippen LogP contribution < -0.4 is 4.74 Å². The highest BCUT2D eigenvalue weighted by Crippen LogP contribution is 2.34. The fourth-order valence-corrected chi connectivity index (χ4v) is 4.28. The predicted octanol–water partition coefficient (Wildman–Crippen LogP) is 5.36. The van der Waals surface area contributed by atoms with Crippen LogP contribution in [0, 0.1) is 5.82 Å². The van der Waals surface area contributed by atoms with Gasteiger partial charge in [-0.15, -0.1) is 0 Å². The summed E-state index contributed by atoms with van der Waals surface area (Å²) >= 11 is 0. The summed E-state index contributed by atoms with van der Waals surface area (Å²) in [5.74, 6) is 0.204. The first-order valence-electron chi connectivity index (χ1n) is 11.2. The largest absolute Gasteiger partial charge is 0.493 e. The topological polar surface area (TPSA) is 71.1 Å². The van der Waals surface area contributed by atoms with E-state index in [1.807, 2.05) is 24.0 Å². The van der Waals surface area contributed by atoms with Crippen molar-refractivity contribution in [1.82, 2.24) is 20.1 Å². The summed E-state index contributed by atoms with van der Waals surface area (Å²) in [5, 5.41) is 8.06. The lowest BCUT2D eigenvalue weighted by Crippen LogP contribution is -2.43. The smallest absolute Gasteiger partial charge is 0.254 e. The average molecular weight is 445 g/mol. The summed E-state index contributed by atoms with van der Waals surface area (Å²) in [6.07, 6.45) is 8.37. The lowest BCUT2D eigenvalue weighted by Gasteiger charge is -2.38. The minimum absolute atomic E-state index is 0.0528. The maximum atomic E-state index is 13.8. The number of rotatable bonds is 7. The molecule has 0 radical (unpaired) electrons. The number of nitrogens with zero attached hydrogens (tertiary/aromatic N) is 3. The van der Waals surface area contributed by atoms with Crippen LogP contribution in [0.1, 0.15) is 42.1 Å². The van der Waals surface area contributed by atoms with Gasteiger partial charge in [-0.1, -0.05) is 12.1 Å². The second kappa shape index (κ2) is 9.02. The van der Waals surface area contributed by atoms with Crippen molar-refractivity contribution in [3.8, 4) is 16.9 Å². The Morgan fingerprint density at radius 2 is 2.06 bits per heavy atom. The van der Waals surface area contributed by atoms with E-state index in [9.17, 15) is 9.18 Å². The number of aromatic amines is 1. The molecule has 1 aliphatic rings. The number of pyridine rings is 1. The number of carbonyl (C=O) groups is 1. The van der Waals surface area contributed by atoms with Gasteiger partial charge in [0.25, 0.3) is 5.91 Å². The van der Waals surface area contributed by atoms with E-state index < -0.39 is 0 Å². The molecule has 7 heteroatoms. The number of nitrogens with one attached hydrogen (secondary N) is 1. The van der Waals surface area contributed by atoms with Gasteiger partial charge in [-0.3, -0.25) is 14.9 Å². The van der Waals surface area contributed by atoms with Gasteiger partial charge in [0.2, 0.25) is 0 Å². The number of halogens is 1. The van der Waals surface area contributed by atoms with E-state index in [0.717, 1.165) is 41.3 Å². The molecule has 0 atom stereocenters. The number of carbonyl (C=O) groups excluding carboxylic acids is 1. The van der Waals surface area contributed by atoms with Gasteiger partial charge < -0.3 is 9.64 Å². The third kappa shape index (κ3) is 4.18. The molecule has 168 valence electrons. The van der Waals surface area contributed by atoms with Crippen molar-refractivity contribution in [2.45, 2.75) is 38.8 Å². The van der Waals surface area contributed by atoms with Crippen LogP contribution in [0.25, 0.3) is 22.0 Å². The molecule has 2 aromatic heterocycles. The molecule has 2 aromatic carbocycles. The van der Waals surface area contributed by atoms with Gasteiger partial charge in [0.05, 0.1) is 18.3 Å². The van der Waals surface area contributed by atoms with Crippen molar-refractivity contribution in [2.75, 3.05) is 6.61 Å². The number of ether oxygens (including phenoxy) is 1. The van der Waals surface area contributed by atoms with Gasteiger partial charge >= 0.3 is 0 Å². The average Bonchev–Trinajstić information content (AvgIpc) is 3.27. The van der Waals surface area contributed by atoms with E-state index in [4.69, 9.17) is 4.74 Å².